The molecular weight excluding hydrogens is 550 g/mol. The summed E-state index contributed by atoms with van der Waals surface area (Å²) in [6, 6.07) is 23.0. The minimum Gasteiger partial charge on any atom is -0.326 e. The van der Waals surface area contributed by atoms with Crippen molar-refractivity contribution in [3.8, 4) is 11.1 Å². The fraction of sp³-hybridized carbons (Fsp3) is 0.0938. The minimum absolute atomic E-state index is 0.0520. The Bertz CT molecular complexity index is 2160. The Balaban J connectivity index is 1.33. The van der Waals surface area contributed by atoms with Gasteiger partial charge in [-0.05, 0) is 66.9 Å². The summed E-state index contributed by atoms with van der Waals surface area (Å²) in [5.41, 5.74) is 6.06. The molecule has 2 amide bonds. The van der Waals surface area contributed by atoms with Crippen molar-refractivity contribution in [3.63, 3.8) is 0 Å². The van der Waals surface area contributed by atoms with Crippen LogP contribution in [0.25, 0.3) is 32.9 Å². The molecule has 0 saturated heterocycles. The van der Waals surface area contributed by atoms with Crippen molar-refractivity contribution in [1.29, 1.82) is 0 Å². The third-order valence-electron chi connectivity index (χ3n) is 7.63. The number of amides is 2. The van der Waals surface area contributed by atoms with Crippen molar-refractivity contribution in [2.24, 2.45) is 0 Å². The number of benzene rings is 4. The number of fused-ring (bicyclic) bond motifs is 3. The fourth-order valence-corrected chi connectivity index (χ4v) is 6.81. The second-order valence-electron chi connectivity index (χ2n) is 10.4. The van der Waals surface area contributed by atoms with Crippen LogP contribution in [-0.2, 0) is 21.2 Å². The van der Waals surface area contributed by atoms with Gasteiger partial charge in [0.2, 0.25) is 5.91 Å². The zero-order valence-corrected chi connectivity index (χ0v) is 23.3. The van der Waals surface area contributed by atoms with Crippen LogP contribution in [0.3, 0.4) is 0 Å². The molecule has 7 rings (SSSR count). The molecule has 208 valence electrons. The predicted octanol–water partition coefficient (Wildman–Crippen LogP) is 5.87. The number of para-hydroxylation sites is 1. The molecule has 4 aromatic carbocycles. The number of hydrogen-bond acceptors (Lipinski definition) is 5. The smallest absolute Gasteiger partial charge is 0.268 e. The maximum absolute atomic E-state index is 13.8. The Morgan fingerprint density at radius 1 is 0.929 bits per heavy atom. The lowest BCUT2D eigenvalue weighted by Crippen LogP contribution is -2.19. The van der Waals surface area contributed by atoms with E-state index in [9.17, 15) is 18.0 Å². The van der Waals surface area contributed by atoms with Gasteiger partial charge in [0, 0.05) is 45.9 Å². The van der Waals surface area contributed by atoms with Crippen molar-refractivity contribution < 1.29 is 18.0 Å². The summed E-state index contributed by atoms with van der Waals surface area (Å²) in [4.78, 5) is 25.5. The fourth-order valence-electron chi connectivity index (χ4n) is 5.45. The number of carbonyl (C=O) groups is 2. The molecule has 10 heteroatoms. The normalized spacial score (nSPS) is 13.2. The second-order valence-corrected chi connectivity index (χ2v) is 12.2. The first-order chi connectivity index (χ1) is 20.3. The second kappa shape index (κ2) is 9.71. The number of aromatic nitrogens is 3. The molecule has 0 atom stereocenters. The number of nitrogens with one attached hydrogen (secondary N) is 3. The van der Waals surface area contributed by atoms with Gasteiger partial charge in [-0.15, -0.1) is 0 Å². The van der Waals surface area contributed by atoms with Crippen LogP contribution in [0, 0.1) is 6.92 Å². The van der Waals surface area contributed by atoms with Gasteiger partial charge in [0.25, 0.3) is 15.9 Å². The molecule has 0 saturated carbocycles. The van der Waals surface area contributed by atoms with Crippen molar-refractivity contribution >= 4 is 55.0 Å². The van der Waals surface area contributed by atoms with Crippen molar-refractivity contribution in [2.75, 3.05) is 10.6 Å². The van der Waals surface area contributed by atoms with Crippen molar-refractivity contribution in [1.82, 2.24) is 14.2 Å². The standard InChI is InChI=1S/C32H25N5O4S/c1-19-6-11-23(12-7-19)42(40,41)37-18-27(24-4-2-3-5-30(24)37)25-14-21(15-29-26(25)17-33-36-29)32(39)34-22-10-8-20-9-13-31(38)35-28(20)16-22/h2-8,10-12,14-18H,9,13H2,1H3,(H,33,36)(H,34,39)(H,35,38). The highest BCUT2D eigenvalue weighted by molar-refractivity contribution is 7.90. The van der Waals surface area contributed by atoms with Gasteiger partial charge in [-0.1, -0.05) is 42.0 Å². The van der Waals surface area contributed by atoms with Crippen LogP contribution in [0.1, 0.15) is 27.9 Å². The first-order valence-electron chi connectivity index (χ1n) is 13.4. The SMILES string of the molecule is Cc1ccc(S(=O)(=O)n2cc(-c3cc(C(=O)Nc4ccc5c(c4)NC(=O)CC5)cc4[nH]ncc34)c3ccccc32)cc1. The first-order valence-corrected chi connectivity index (χ1v) is 14.9. The van der Waals surface area contributed by atoms with Crippen LogP contribution in [0.15, 0.2) is 96.2 Å². The lowest BCUT2D eigenvalue weighted by atomic mass is 9.98. The van der Waals surface area contributed by atoms with Crippen LogP contribution in [0.5, 0.6) is 0 Å². The third-order valence-corrected chi connectivity index (χ3v) is 9.32. The summed E-state index contributed by atoms with van der Waals surface area (Å²) < 4.78 is 28.8. The molecule has 0 unspecified atom stereocenters. The summed E-state index contributed by atoms with van der Waals surface area (Å²) in [5.74, 6) is -0.408. The van der Waals surface area contributed by atoms with Gasteiger partial charge in [0.1, 0.15) is 0 Å². The summed E-state index contributed by atoms with van der Waals surface area (Å²) in [6.45, 7) is 1.91. The number of rotatable bonds is 5. The minimum atomic E-state index is -3.90. The Labute approximate surface area is 241 Å². The lowest BCUT2D eigenvalue weighted by molar-refractivity contribution is -0.116. The van der Waals surface area contributed by atoms with E-state index in [1.54, 1.807) is 67.0 Å². The van der Waals surface area contributed by atoms with E-state index in [4.69, 9.17) is 0 Å². The number of H-pyrrole nitrogens is 1. The molecule has 0 aliphatic carbocycles. The Morgan fingerprint density at radius 3 is 2.57 bits per heavy atom. The van der Waals surface area contributed by atoms with Crippen molar-refractivity contribution in [3.05, 3.63) is 108 Å². The van der Waals surface area contributed by atoms with Crippen LogP contribution in [0.4, 0.5) is 11.4 Å². The quantitative estimate of drug-likeness (QED) is 0.237. The zero-order chi connectivity index (χ0) is 29.0. The maximum atomic E-state index is 13.8. The van der Waals surface area contributed by atoms with Crippen molar-refractivity contribution in [2.45, 2.75) is 24.7 Å². The molecule has 0 radical (unpaired) electrons. The average molecular weight is 576 g/mol. The van der Waals surface area contributed by atoms with Gasteiger partial charge >= 0.3 is 0 Å². The highest BCUT2D eigenvalue weighted by atomic mass is 32.2. The van der Waals surface area contributed by atoms with Gasteiger partial charge in [-0.3, -0.25) is 14.7 Å². The molecule has 6 aromatic rings. The molecule has 3 N–H and O–H groups in total. The lowest BCUT2D eigenvalue weighted by Gasteiger charge is -2.18. The summed E-state index contributed by atoms with van der Waals surface area (Å²) in [5, 5.41) is 14.4. The zero-order valence-electron chi connectivity index (χ0n) is 22.5. The highest BCUT2D eigenvalue weighted by Gasteiger charge is 2.24. The van der Waals surface area contributed by atoms with Crippen LogP contribution in [0.2, 0.25) is 0 Å². The number of aryl methyl sites for hydroxylation is 2. The topological polar surface area (TPSA) is 126 Å². The number of hydrogen-bond donors (Lipinski definition) is 3. The van der Waals surface area contributed by atoms with E-state index in [0.717, 1.165) is 21.9 Å². The largest absolute Gasteiger partial charge is 0.326 e. The summed E-state index contributed by atoms with van der Waals surface area (Å²) >= 11 is 0. The first kappa shape index (κ1) is 25.7. The van der Waals surface area contributed by atoms with E-state index < -0.39 is 10.0 Å². The summed E-state index contributed by atoms with van der Waals surface area (Å²) in [7, 11) is -3.90. The van der Waals surface area contributed by atoms with E-state index in [1.807, 2.05) is 31.2 Å². The Hall–Kier alpha value is -5.22. The molecule has 9 nitrogen and oxygen atoms in total. The monoisotopic (exact) mass is 575 g/mol. The van der Waals surface area contributed by atoms with Gasteiger partial charge in [-0.2, -0.15) is 5.10 Å². The number of anilines is 2. The average Bonchev–Trinajstić information content (AvgIpc) is 3.62. The predicted molar refractivity (Wildman–Crippen MR) is 162 cm³/mol. The van der Waals surface area contributed by atoms with Crippen LogP contribution < -0.4 is 10.6 Å². The van der Waals surface area contributed by atoms with E-state index in [2.05, 4.69) is 20.8 Å². The van der Waals surface area contributed by atoms with Crippen LogP contribution >= 0.6 is 0 Å². The molecule has 3 heterocycles. The van der Waals surface area contributed by atoms with E-state index in [0.29, 0.717) is 51.9 Å². The van der Waals surface area contributed by atoms with Gasteiger partial charge in [0.15, 0.2) is 0 Å². The van der Waals surface area contributed by atoms with Gasteiger partial charge in [0.05, 0.1) is 22.1 Å². The number of aromatic amines is 1. The molecule has 0 spiro atoms. The Kier molecular flexibility index (Phi) is 5.95. The molecule has 2 aromatic heterocycles. The molecule has 42 heavy (non-hydrogen) atoms. The van der Waals surface area contributed by atoms with E-state index in [1.165, 1.54) is 3.97 Å². The number of nitrogens with zero attached hydrogens (tertiary/aromatic N) is 2. The van der Waals surface area contributed by atoms with E-state index >= 15 is 0 Å². The maximum Gasteiger partial charge on any atom is 0.268 e. The van der Waals surface area contributed by atoms with Gasteiger partial charge in [-0.25, -0.2) is 12.4 Å². The van der Waals surface area contributed by atoms with E-state index in [-0.39, 0.29) is 16.7 Å². The molecule has 0 fully saturated rings. The number of carbonyl (C=O) groups excluding carboxylic acids is 2. The van der Waals surface area contributed by atoms with Gasteiger partial charge < -0.3 is 10.6 Å². The molecular formula is C32H25N5O4S. The molecule has 0 bridgehead atoms. The van der Waals surface area contributed by atoms with Crippen LogP contribution in [-0.4, -0.2) is 34.4 Å². The Morgan fingerprint density at radius 2 is 1.74 bits per heavy atom. The molecule has 1 aliphatic rings. The summed E-state index contributed by atoms with van der Waals surface area (Å²) in [6.07, 6.45) is 4.37. The highest BCUT2D eigenvalue weighted by Crippen LogP contribution is 2.37. The molecule has 1 aliphatic heterocycles. The third kappa shape index (κ3) is 4.33.